The average Bonchev–Trinajstić information content (AvgIpc) is 2.72. The van der Waals surface area contributed by atoms with Gasteiger partial charge in [0.25, 0.3) is 0 Å². The van der Waals surface area contributed by atoms with E-state index >= 15 is 0 Å². The fraction of sp³-hybridized carbons (Fsp3) is 0.429. The zero-order valence-corrected chi connectivity index (χ0v) is 9.96. The predicted molar refractivity (Wildman–Crippen MR) is 65.4 cm³/mol. The van der Waals surface area contributed by atoms with Crippen molar-refractivity contribution < 1.29 is 13.2 Å². The second kappa shape index (κ2) is 4.05. The topological polar surface area (TPSA) is 39.2 Å². The Balaban J connectivity index is 2.03. The van der Waals surface area contributed by atoms with Crippen molar-refractivity contribution in [3.05, 3.63) is 35.8 Å². The molecule has 1 aromatic heterocycles. The van der Waals surface area contributed by atoms with Gasteiger partial charge in [0.1, 0.15) is 17.2 Å². The second-order valence-electron chi connectivity index (χ2n) is 5.11. The quantitative estimate of drug-likeness (QED) is 0.840. The zero-order chi connectivity index (χ0) is 12.8. The van der Waals surface area contributed by atoms with E-state index < -0.39 is 5.67 Å². The Labute approximate surface area is 104 Å². The molecule has 0 spiro atoms. The smallest absolute Gasteiger partial charge is 0.169 e. The molecule has 1 aliphatic carbocycles. The lowest BCUT2D eigenvalue weighted by molar-refractivity contribution is 0.0709. The fourth-order valence-corrected chi connectivity index (χ4v) is 2.72. The van der Waals surface area contributed by atoms with Crippen molar-refractivity contribution in [2.24, 2.45) is 5.73 Å². The Morgan fingerprint density at radius 2 is 2.17 bits per heavy atom. The molecule has 96 valence electrons. The van der Waals surface area contributed by atoms with Gasteiger partial charge in [0.2, 0.25) is 0 Å². The number of hydrogen-bond donors (Lipinski definition) is 1. The predicted octanol–water partition coefficient (Wildman–Crippen LogP) is 3.64. The van der Waals surface area contributed by atoms with E-state index in [0.29, 0.717) is 17.4 Å². The monoisotopic (exact) mass is 251 g/mol. The van der Waals surface area contributed by atoms with Gasteiger partial charge < -0.3 is 10.2 Å². The molecule has 0 amide bonds. The third kappa shape index (κ3) is 1.90. The van der Waals surface area contributed by atoms with Crippen molar-refractivity contribution in [3.63, 3.8) is 0 Å². The van der Waals surface area contributed by atoms with Crippen LogP contribution in [0.25, 0.3) is 11.0 Å². The molecule has 2 aromatic rings. The van der Waals surface area contributed by atoms with E-state index in [1.165, 1.54) is 18.2 Å². The second-order valence-corrected chi connectivity index (χ2v) is 5.11. The molecule has 1 heterocycles. The minimum Gasteiger partial charge on any atom is -0.458 e. The van der Waals surface area contributed by atoms with Crippen LogP contribution in [-0.2, 0) is 5.67 Å². The summed E-state index contributed by atoms with van der Waals surface area (Å²) in [5.74, 6) is -0.0682. The van der Waals surface area contributed by atoms with Crippen molar-refractivity contribution in [2.75, 3.05) is 0 Å². The molecular weight excluding hydrogens is 236 g/mol. The van der Waals surface area contributed by atoms with Gasteiger partial charge in [-0.2, -0.15) is 0 Å². The highest BCUT2D eigenvalue weighted by Gasteiger charge is 2.39. The van der Waals surface area contributed by atoms with Crippen LogP contribution in [-0.4, -0.2) is 6.04 Å². The van der Waals surface area contributed by atoms with E-state index in [2.05, 4.69) is 0 Å². The molecule has 18 heavy (non-hydrogen) atoms. The molecule has 1 aliphatic rings. The Hall–Kier alpha value is -1.42. The van der Waals surface area contributed by atoms with Gasteiger partial charge in [0, 0.05) is 17.8 Å². The normalized spacial score (nSPS) is 28.7. The SMILES string of the molecule is NC1CCCC(F)(c2cc3cc(F)ccc3o2)C1. The third-order valence-electron chi connectivity index (χ3n) is 3.65. The molecule has 1 fully saturated rings. The molecule has 3 rings (SSSR count). The van der Waals surface area contributed by atoms with E-state index in [0.717, 1.165) is 12.8 Å². The molecule has 2 atom stereocenters. The molecule has 0 bridgehead atoms. The largest absolute Gasteiger partial charge is 0.458 e. The summed E-state index contributed by atoms with van der Waals surface area (Å²) in [6.45, 7) is 0. The van der Waals surface area contributed by atoms with E-state index in [1.54, 1.807) is 6.07 Å². The summed E-state index contributed by atoms with van der Waals surface area (Å²) in [5, 5.41) is 0.598. The van der Waals surface area contributed by atoms with Crippen LogP contribution in [0.3, 0.4) is 0 Å². The summed E-state index contributed by atoms with van der Waals surface area (Å²) in [4.78, 5) is 0. The lowest BCUT2D eigenvalue weighted by Crippen LogP contribution is -2.35. The van der Waals surface area contributed by atoms with Crippen molar-refractivity contribution >= 4 is 11.0 Å². The summed E-state index contributed by atoms with van der Waals surface area (Å²) in [6.07, 6.45) is 2.29. The van der Waals surface area contributed by atoms with Crippen molar-refractivity contribution in [1.82, 2.24) is 0 Å². The van der Waals surface area contributed by atoms with E-state index in [4.69, 9.17) is 10.2 Å². The molecule has 1 aromatic carbocycles. The molecule has 0 radical (unpaired) electrons. The maximum absolute atomic E-state index is 14.8. The third-order valence-corrected chi connectivity index (χ3v) is 3.65. The van der Waals surface area contributed by atoms with Crippen LogP contribution >= 0.6 is 0 Å². The van der Waals surface area contributed by atoms with Gasteiger partial charge in [-0.1, -0.05) is 0 Å². The minimum absolute atomic E-state index is 0.131. The summed E-state index contributed by atoms with van der Waals surface area (Å²) in [6, 6.07) is 5.66. The Morgan fingerprint density at radius 1 is 1.33 bits per heavy atom. The molecule has 0 saturated heterocycles. The van der Waals surface area contributed by atoms with Crippen molar-refractivity contribution in [2.45, 2.75) is 37.4 Å². The average molecular weight is 251 g/mol. The summed E-state index contributed by atoms with van der Waals surface area (Å²) in [7, 11) is 0. The summed E-state index contributed by atoms with van der Waals surface area (Å²) >= 11 is 0. The first-order chi connectivity index (χ1) is 8.57. The van der Waals surface area contributed by atoms with Gasteiger partial charge in [0.15, 0.2) is 5.67 Å². The Bertz CT molecular complexity index is 580. The highest BCUT2D eigenvalue weighted by molar-refractivity contribution is 5.78. The first kappa shape index (κ1) is 11.7. The van der Waals surface area contributed by atoms with Crippen LogP contribution in [0.4, 0.5) is 8.78 Å². The summed E-state index contributed by atoms with van der Waals surface area (Å²) in [5.41, 5.74) is 4.83. The van der Waals surface area contributed by atoms with E-state index in [-0.39, 0.29) is 24.0 Å². The minimum atomic E-state index is -1.51. The zero-order valence-electron chi connectivity index (χ0n) is 9.96. The first-order valence-electron chi connectivity index (χ1n) is 6.21. The molecular formula is C14H15F2NO. The molecule has 4 heteroatoms. The van der Waals surface area contributed by atoms with E-state index in [1.807, 2.05) is 0 Å². The van der Waals surface area contributed by atoms with Crippen molar-refractivity contribution in [3.8, 4) is 0 Å². The highest BCUT2D eigenvalue weighted by atomic mass is 19.1. The Kier molecular flexibility index (Phi) is 2.63. The molecule has 1 saturated carbocycles. The van der Waals surface area contributed by atoms with Crippen LogP contribution in [0.15, 0.2) is 28.7 Å². The standard InChI is InChI=1S/C14H15F2NO/c15-10-3-4-12-9(6-10)7-13(18-12)14(16)5-1-2-11(17)8-14/h3-4,6-7,11H,1-2,5,8,17H2. The number of benzene rings is 1. The Morgan fingerprint density at radius 3 is 2.94 bits per heavy atom. The molecule has 2 nitrogen and oxygen atoms in total. The van der Waals surface area contributed by atoms with Crippen LogP contribution in [0.2, 0.25) is 0 Å². The molecule has 2 N–H and O–H groups in total. The number of halogens is 2. The van der Waals surface area contributed by atoms with Gasteiger partial charge in [-0.25, -0.2) is 8.78 Å². The van der Waals surface area contributed by atoms with Crippen LogP contribution in [0, 0.1) is 5.82 Å². The number of rotatable bonds is 1. The maximum atomic E-state index is 14.8. The first-order valence-corrected chi connectivity index (χ1v) is 6.21. The van der Waals surface area contributed by atoms with Gasteiger partial charge in [-0.15, -0.1) is 0 Å². The van der Waals surface area contributed by atoms with Crippen molar-refractivity contribution in [1.29, 1.82) is 0 Å². The lowest BCUT2D eigenvalue weighted by atomic mass is 9.82. The maximum Gasteiger partial charge on any atom is 0.169 e. The van der Waals surface area contributed by atoms with Crippen LogP contribution in [0.5, 0.6) is 0 Å². The highest BCUT2D eigenvalue weighted by Crippen LogP contribution is 2.42. The van der Waals surface area contributed by atoms with Gasteiger partial charge in [0.05, 0.1) is 0 Å². The number of hydrogen-bond acceptors (Lipinski definition) is 2. The van der Waals surface area contributed by atoms with Gasteiger partial charge >= 0.3 is 0 Å². The molecule has 2 unspecified atom stereocenters. The fourth-order valence-electron chi connectivity index (χ4n) is 2.72. The van der Waals surface area contributed by atoms with Gasteiger partial charge in [-0.05, 0) is 43.5 Å². The summed E-state index contributed by atoms with van der Waals surface area (Å²) < 4.78 is 33.4. The number of furan rings is 1. The number of alkyl halides is 1. The van der Waals surface area contributed by atoms with Crippen LogP contribution in [0.1, 0.15) is 31.4 Å². The molecule has 0 aliphatic heterocycles. The van der Waals surface area contributed by atoms with Crippen LogP contribution < -0.4 is 5.73 Å². The van der Waals surface area contributed by atoms with E-state index in [9.17, 15) is 8.78 Å². The number of nitrogens with two attached hydrogens (primary N) is 1. The number of fused-ring (bicyclic) bond motifs is 1. The van der Waals surface area contributed by atoms with Gasteiger partial charge in [-0.3, -0.25) is 0 Å². The lowest BCUT2D eigenvalue weighted by Gasteiger charge is -2.31.